The number of nitrogens with one attached hydrogen (secondary N) is 1. The molecule has 3 rings (SSSR count). The minimum absolute atomic E-state index is 0.0288. The molecule has 0 radical (unpaired) electrons. The third kappa shape index (κ3) is 3.59. The van der Waals surface area contributed by atoms with Crippen molar-refractivity contribution in [3.8, 4) is 0 Å². The van der Waals surface area contributed by atoms with Gasteiger partial charge in [0.25, 0.3) is 0 Å². The van der Waals surface area contributed by atoms with E-state index in [-0.39, 0.29) is 22.3 Å². The first-order chi connectivity index (χ1) is 11.0. The number of anilines is 1. The number of hydrogen-bond acceptors (Lipinski definition) is 3. The molecule has 0 spiro atoms. The van der Waals surface area contributed by atoms with Crippen molar-refractivity contribution >= 4 is 29.1 Å². The second-order valence-electron chi connectivity index (χ2n) is 5.21. The van der Waals surface area contributed by atoms with Crippen LogP contribution >= 0.6 is 11.8 Å². The molecule has 0 bridgehead atoms. The highest BCUT2D eigenvalue weighted by molar-refractivity contribution is 8.00. The van der Waals surface area contributed by atoms with Crippen LogP contribution in [0.1, 0.15) is 22.3 Å². The quantitative estimate of drug-likeness (QED) is 0.683. The second kappa shape index (κ2) is 6.50. The predicted molar refractivity (Wildman–Crippen MR) is 84.8 cm³/mol. The first kappa shape index (κ1) is 15.7. The molecule has 2 aromatic carbocycles. The standard InChI is InChI=1S/C17H13F2NO2S/c18-12-3-5-16(13(19)8-12)23-9-15(21)11-1-4-14-10(7-11)2-6-17(22)20-14/h1,3-5,7-8H,2,6,9H2,(H,20,22). The lowest BCUT2D eigenvalue weighted by Crippen LogP contribution is -2.19. The molecule has 0 aromatic heterocycles. The number of fused-ring (bicyclic) bond motifs is 1. The Morgan fingerprint density at radius 2 is 1.96 bits per heavy atom. The Kier molecular flexibility index (Phi) is 4.43. The number of carbonyl (C=O) groups excluding carboxylic acids is 2. The van der Waals surface area contributed by atoms with E-state index in [0.717, 1.165) is 35.1 Å². The van der Waals surface area contributed by atoms with Gasteiger partial charge in [-0.3, -0.25) is 9.59 Å². The lowest BCUT2D eigenvalue weighted by Gasteiger charge is -2.17. The topological polar surface area (TPSA) is 46.2 Å². The van der Waals surface area contributed by atoms with Crippen LogP contribution in [0.3, 0.4) is 0 Å². The van der Waals surface area contributed by atoms with Crippen molar-refractivity contribution in [2.45, 2.75) is 17.7 Å². The average Bonchev–Trinajstić information content (AvgIpc) is 2.53. The summed E-state index contributed by atoms with van der Waals surface area (Å²) in [4.78, 5) is 23.8. The number of aryl methyl sites for hydroxylation is 1. The van der Waals surface area contributed by atoms with Crippen molar-refractivity contribution in [3.63, 3.8) is 0 Å². The van der Waals surface area contributed by atoms with E-state index in [1.165, 1.54) is 6.07 Å². The highest BCUT2D eigenvalue weighted by Gasteiger charge is 2.17. The SMILES string of the molecule is O=C1CCc2cc(C(=O)CSc3ccc(F)cc3F)ccc2N1. The maximum absolute atomic E-state index is 13.6. The van der Waals surface area contributed by atoms with Crippen LogP contribution in [0.5, 0.6) is 0 Å². The maximum Gasteiger partial charge on any atom is 0.224 e. The number of rotatable bonds is 4. The molecule has 0 aliphatic carbocycles. The largest absolute Gasteiger partial charge is 0.326 e. The van der Waals surface area contributed by atoms with E-state index >= 15 is 0 Å². The van der Waals surface area contributed by atoms with Gasteiger partial charge in [0, 0.05) is 28.6 Å². The molecule has 0 unspecified atom stereocenters. The van der Waals surface area contributed by atoms with Gasteiger partial charge in [0.15, 0.2) is 5.78 Å². The Morgan fingerprint density at radius 3 is 2.74 bits per heavy atom. The van der Waals surface area contributed by atoms with Gasteiger partial charge in [-0.25, -0.2) is 8.78 Å². The Bertz CT molecular complexity index is 792. The molecule has 0 atom stereocenters. The van der Waals surface area contributed by atoms with E-state index in [1.807, 2.05) is 0 Å². The normalized spacial score (nSPS) is 13.4. The fraction of sp³-hybridized carbons (Fsp3) is 0.176. The smallest absolute Gasteiger partial charge is 0.224 e. The highest BCUT2D eigenvalue weighted by atomic mass is 32.2. The van der Waals surface area contributed by atoms with Crippen LogP contribution in [0.2, 0.25) is 0 Å². The lowest BCUT2D eigenvalue weighted by atomic mass is 9.99. The maximum atomic E-state index is 13.6. The highest BCUT2D eigenvalue weighted by Crippen LogP contribution is 2.26. The number of benzene rings is 2. The zero-order valence-corrected chi connectivity index (χ0v) is 12.9. The molecule has 23 heavy (non-hydrogen) atoms. The zero-order chi connectivity index (χ0) is 16.4. The molecule has 1 heterocycles. The van der Waals surface area contributed by atoms with Gasteiger partial charge < -0.3 is 5.32 Å². The van der Waals surface area contributed by atoms with Crippen LogP contribution in [0, 0.1) is 11.6 Å². The monoisotopic (exact) mass is 333 g/mol. The fourth-order valence-corrected chi connectivity index (χ4v) is 3.19. The van der Waals surface area contributed by atoms with Crippen LogP contribution in [0.15, 0.2) is 41.3 Å². The third-order valence-corrected chi connectivity index (χ3v) is 4.62. The van der Waals surface area contributed by atoms with Crippen LogP contribution in [-0.4, -0.2) is 17.4 Å². The van der Waals surface area contributed by atoms with Gasteiger partial charge >= 0.3 is 0 Å². The Balaban J connectivity index is 1.70. The molecule has 1 aliphatic heterocycles. The van der Waals surface area contributed by atoms with E-state index < -0.39 is 11.6 Å². The van der Waals surface area contributed by atoms with Crippen LogP contribution < -0.4 is 5.32 Å². The first-order valence-electron chi connectivity index (χ1n) is 7.07. The van der Waals surface area contributed by atoms with E-state index in [0.29, 0.717) is 18.4 Å². The van der Waals surface area contributed by atoms with Crippen molar-refractivity contribution in [2.24, 2.45) is 0 Å². The number of carbonyl (C=O) groups is 2. The molecule has 6 heteroatoms. The summed E-state index contributed by atoms with van der Waals surface area (Å²) in [5.41, 5.74) is 2.18. The van der Waals surface area contributed by atoms with Gasteiger partial charge in [-0.1, -0.05) is 0 Å². The summed E-state index contributed by atoms with van der Waals surface area (Å²) in [6.45, 7) is 0. The Hall–Kier alpha value is -2.21. The summed E-state index contributed by atoms with van der Waals surface area (Å²) in [5.74, 6) is -1.42. The van der Waals surface area contributed by atoms with E-state index in [9.17, 15) is 18.4 Å². The van der Waals surface area contributed by atoms with Gasteiger partial charge in [0.05, 0.1) is 5.75 Å². The van der Waals surface area contributed by atoms with Gasteiger partial charge in [0.1, 0.15) is 11.6 Å². The molecule has 1 aliphatic rings. The molecule has 1 N–H and O–H groups in total. The Morgan fingerprint density at radius 1 is 1.13 bits per heavy atom. The van der Waals surface area contributed by atoms with E-state index in [2.05, 4.69) is 5.32 Å². The minimum atomic E-state index is -0.670. The predicted octanol–water partition coefficient (Wildman–Crippen LogP) is 3.82. The second-order valence-corrected chi connectivity index (χ2v) is 6.22. The number of halogens is 2. The third-order valence-electron chi connectivity index (χ3n) is 3.58. The number of amides is 1. The summed E-state index contributed by atoms with van der Waals surface area (Å²) in [6, 6.07) is 8.41. The van der Waals surface area contributed by atoms with Crippen molar-refractivity contribution in [3.05, 3.63) is 59.2 Å². The summed E-state index contributed by atoms with van der Waals surface area (Å²) < 4.78 is 26.4. The molecule has 0 saturated carbocycles. The summed E-state index contributed by atoms with van der Waals surface area (Å²) in [6.07, 6.45) is 1.00. The van der Waals surface area contributed by atoms with Gasteiger partial charge in [-0.05, 0) is 42.3 Å². The summed E-state index contributed by atoms with van der Waals surface area (Å²) in [7, 11) is 0. The molecule has 1 amide bonds. The number of Topliss-reactive ketones (excluding diaryl/α,β-unsaturated/α-hetero) is 1. The molecule has 0 fully saturated rings. The molecule has 3 nitrogen and oxygen atoms in total. The molecule has 2 aromatic rings. The van der Waals surface area contributed by atoms with Crippen molar-refractivity contribution < 1.29 is 18.4 Å². The Labute approximate surface area is 136 Å². The van der Waals surface area contributed by atoms with Gasteiger partial charge in [-0.15, -0.1) is 11.8 Å². The molecule has 0 saturated heterocycles. The van der Waals surface area contributed by atoms with E-state index in [4.69, 9.17) is 0 Å². The van der Waals surface area contributed by atoms with Crippen LogP contribution in [-0.2, 0) is 11.2 Å². The summed E-state index contributed by atoms with van der Waals surface area (Å²) >= 11 is 1.04. The number of ketones is 1. The van der Waals surface area contributed by atoms with Gasteiger partial charge in [-0.2, -0.15) is 0 Å². The first-order valence-corrected chi connectivity index (χ1v) is 8.05. The molecule has 118 valence electrons. The van der Waals surface area contributed by atoms with Crippen LogP contribution in [0.25, 0.3) is 0 Å². The molecular weight excluding hydrogens is 320 g/mol. The van der Waals surface area contributed by atoms with E-state index in [1.54, 1.807) is 18.2 Å². The summed E-state index contributed by atoms with van der Waals surface area (Å²) in [5, 5.41) is 2.76. The van der Waals surface area contributed by atoms with Crippen molar-refractivity contribution in [2.75, 3.05) is 11.1 Å². The molecular formula is C17H13F2NO2S. The number of thioether (sulfide) groups is 1. The zero-order valence-electron chi connectivity index (χ0n) is 12.1. The van der Waals surface area contributed by atoms with Crippen LogP contribution in [0.4, 0.5) is 14.5 Å². The number of hydrogen-bond donors (Lipinski definition) is 1. The fourth-order valence-electron chi connectivity index (χ4n) is 2.38. The van der Waals surface area contributed by atoms with Crippen molar-refractivity contribution in [1.29, 1.82) is 0 Å². The van der Waals surface area contributed by atoms with Crippen molar-refractivity contribution in [1.82, 2.24) is 0 Å². The minimum Gasteiger partial charge on any atom is -0.326 e. The lowest BCUT2D eigenvalue weighted by molar-refractivity contribution is -0.116. The van der Waals surface area contributed by atoms with Gasteiger partial charge in [0.2, 0.25) is 5.91 Å². The average molecular weight is 333 g/mol.